The van der Waals surface area contributed by atoms with Crippen molar-refractivity contribution in [2.45, 2.75) is 44.8 Å². The Bertz CT molecular complexity index is 800. The molecule has 2 N–H and O–H groups in total. The van der Waals surface area contributed by atoms with Crippen LogP contribution in [-0.2, 0) is 16.6 Å². The standard InChI is InChI=1S/C17H26F3N5O3S.HI/c1-3-21-16(23-12-13-6-5-9-22-15(13)28-4-2)24-14-7-10-25(11-8-14)29(26,27)17(18,19)20;/h5-6,9,14H,3-4,7-8,10-12H2,1-2H3,(H2,21,23,24);1H. The molecule has 1 saturated heterocycles. The number of sulfonamides is 1. The third-order valence-electron chi connectivity index (χ3n) is 4.31. The molecule has 1 aromatic rings. The molecule has 172 valence electrons. The van der Waals surface area contributed by atoms with Crippen molar-refractivity contribution in [3.63, 3.8) is 0 Å². The van der Waals surface area contributed by atoms with Gasteiger partial charge in [0.15, 0.2) is 5.96 Å². The Morgan fingerprint density at radius 2 is 2.00 bits per heavy atom. The quantitative estimate of drug-likeness (QED) is 0.300. The summed E-state index contributed by atoms with van der Waals surface area (Å²) in [7, 11) is -5.28. The predicted molar refractivity (Wildman–Crippen MR) is 118 cm³/mol. The summed E-state index contributed by atoms with van der Waals surface area (Å²) in [6.45, 7) is 4.74. The number of aromatic nitrogens is 1. The number of rotatable bonds is 7. The van der Waals surface area contributed by atoms with Gasteiger partial charge in [0.2, 0.25) is 5.88 Å². The molecular formula is C17H27F3IN5O3S. The van der Waals surface area contributed by atoms with Gasteiger partial charge in [-0.05, 0) is 32.8 Å². The van der Waals surface area contributed by atoms with Crippen LogP contribution in [0.3, 0.4) is 0 Å². The van der Waals surface area contributed by atoms with E-state index in [-0.39, 0.29) is 55.9 Å². The summed E-state index contributed by atoms with van der Waals surface area (Å²) in [5.41, 5.74) is -4.47. The highest BCUT2D eigenvalue weighted by Crippen LogP contribution is 2.29. The van der Waals surface area contributed by atoms with Crippen LogP contribution in [0, 0.1) is 0 Å². The fourth-order valence-corrected chi connectivity index (χ4v) is 3.86. The monoisotopic (exact) mass is 565 g/mol. The molecular weight excluding hydrogens is 538 g/mol. The Morgan fingerprint density at radius 1 is 1.33 bits per heavy atom. The first-order chi connectivity index (χ1) is 13.7. The first kappa shape index (κ1) is 26.7. The fraction of sp³-hybridized carbons (Fsp3) is 0.647. The van der Waals surface area contributed by atoms with Crippen LogP contribution in [0.2, 0.25) is 0 Å². The number of nitrogens with zero attached hydrogens (tertiary/aromatic N) is 3. The maximum absolute atomic E-state index is 12.7. The Balaban J connectivity index is 0.00000450. The number of hydrogen-bond acceptors (Lipinski definition) is 5. The second kappa shape index (κ2) is 11.9. The van der Waals surface area contributed by atoms with Crippen LogP contribution in [0.4, 0.5) is 13.2 Å². The molecule has 30 heavy (non-hydrogen) atoms. The smallest absolute Gasteiger partial charge is 0.478 e. The van der Waals surface area contributed by atoms with Crippen LogP contribution < -0.4 is 15.4 Å². The van der Waals surface area contributed by atoms with Crippen molar-refractivity contribution in [2.75, 3.05) is 26.2 Å². The second-order valence-electron chi connectivity index (χ2n) is 6.36. The topological polar surface area (TPSA) is 95.9 Å². The van der Waals surface area contributed by atoms with E-state index in [4.69, 9.17) is 4.74 Å². The average molecular weight is 565 g/mol. The van der Waals surface area contributed by atoms with Crippen LogP contribution in [0.25, 0.3) is 0 Å². The molecule has 0 amide bonds. The average Bonchev–Trinajstić information content (AvgIpc) is 2.67. The van der Waals surface area contributed by atoms with E-state index in [0.717, 1.165) is 5.56 Å². The third-order valence-corrected chi connectivity index (χ3v) is 5.94. The summed E-state index contributed by atoms with van der Waals surface area (Å²) < 4.78 is 67.0. The molecule has 0 radical (unpaired) electrons. The Morgan fingerprint density at radius 3 is 2.57 bits per heavy atom. The first-order valence-corrected chi connectivity index (χ1v) is 10.8. The van der Waals surface area contributed by atoms with Gasteiger partial charge in [0.1, 0.15) is 0 Å². The molecule has 1 aromatic heterocycles. The predicted octanol–water partition coefficient (Wildman–Crippen LogP) is 2.47. The molecule has 0 bridgehead atoms. The lowest BCUT2D eigenvalue weighted by atomic mass is 10.1. The van der Waals surface area contributed by atoms with Gasteiger partial charge in [0.25, 0.3) is 0 Å². The molecule has 13 heteroatoms. The Labute approximate surface area is 191 Å². The third kappa shape index (κ3) is 7.11. The summed E-state index contributed by atoms with van der Waals surface area (Å²) in [5.74, 6) is 0.996. The summed E-state index contributed by atoms with van der Waals surface area (Å²) in [6.07, 6.45) is 2.12. The zero-order valence-corrected chi connectivity index (χ0v) is 19.9. The van der Waals surface area contributed by atoms with Gasteiger partial charge in [0.05, 0.1) is 13.2 Å². The molecule has 8 nitrogen and oxygen atoms in total. The maximum Gasteiger partial charge on any atom is 0.511 e. The number of nitrogens with one attached hydrogen (secondary N) is 2. The highest BCUT2D eigenvalue weighted by atomic mass is 127. The number of alkyl halides is 3. The number of piperidine rings is 1. The van der Waals surface area contributed by atoms with Crippen LogP contribution in [-0.4, -0.2) is 61.5 Å². The summed E-state index contributed by atoms with van der Waals surface area (Å²) in [4.78, 5) is 8.66. The Hall–Kier alpha value is -1.35. The normalized spacial score (nSPS) is 16.6. The van der Waals surface area contributed by atoms with Gasteiger partial charge in [-0.15, -0.1) is 24.0 Å². The van der Waals surface area contributed by atoms with E-state index < -0.39 is 15.5 Å². The SMILES string of the molecule is CCNC(=NCc1cccnc1OCC)NC1CCN(S(=O)(=O)C(F)(F)F)CC1.I. The lowest BCUT2D eigenvalue weighted by Gasteiger charge is -2.32. The van der Waals surface area contributed by atoms with E-state index in [1.807, 2.05) is 19.9 Å². The molecule has 0 aliphatic carbocycles. The molecule has 1 aliphatic rings. The molecule has 2 rings (SSSR count). The van der Waals surface area contributed by atoms with Crippen LogP contribution in [0.15, 0.2) is 23.3 Å². The van der Waals surface area contributed by atoms with E-state index >= 15 is 0 Å². The summed E-state index contributed by atoms with van der Waals surface area (Å²) in [5, 5.41) is 6.25. The number of halogens is 4. The maximum atomic E-state index is 12.7. The van der Waals surface area contributed by atoms with Crippen molar-refractivity contribution in [2.24, 2.45) is 4.99 Å². The number of guanidine groups is 1. The van der Waals surface area contributed by atoms with Crippen LogP contribution in [0.5, 0.6) is 5.88 Å². The lowest BCUT2D eigenvalue weighted by molar-refractivity contribution is -0.0494. The number of aliphatic imine (C=N–C) groups is 1. The number of ether oxygens (including phenoxy) is 1. The molecule has 0 atom stereocenters. The van der Waals surface area contributed by atoms with Crippen molar-refractivity contribution in [3.05, 3.63) is 23.9 Å². The molecule has 0 unspecified atom stereocenters. The first-order valence-electron chi connectivity index (χ1n) is 9.37. The van der Waals surface area contributed by atoms with Crippen molar-refractivity contribution >= 4 is 40.0 Å². The van der Waals surface area contributed by atoms with Gasteiger partial charge in [-0.3, -0.25) is 0 Å². The van der Waals surface area contributed by atoms with Gasteiger partial charge >= 0.3 is 15.5 Å². The van der Waals surface area contributed by atoms with Gasteiger partial charge in [0, 0.05) is 37.4 Å². The van der Waals surface area contributed by atoms with Crippen molar-refractivity contribution in [1.82, 2.24) is 19.9 Å². The zero-order chi connectivity index (χ0) is 21.5. The highest BCUT2D eigenvalue weighted by molar-refractivity contribution is 14.0. The minimum Gasteiger partial charge on any atom is -0.478 e. The van der Waals surface area contributed by atoms with E-state index in [2.05, 4.69) is 20.6 Å². The number of pyridine rings is 1. The minimum atomic E-state index is -5.28. The molecule has 1 fully saturated rings. The molecule has 0 saturated carbocycles. The lowest BCUT2D eigenvalue weighted by Crippen LogP contribution is -2.51. The highest BCUT2D eigenvalue weighted by Gasteiger charge is 2.50. The van der Waals surface area contributed by atoms with Gasteiger partial charge < -0.3 is 15.4 Å². The van der Waals surface area contributed by atoms with Gasteiger partial charge in [-0.1, -0.05) is 6.07 Å². The second-order valence-corrected chi connectivity index (χ2v) is 8.29. The summed E-state index contributed by atoms with van der Waals surface area (Å²) in [6, 6.07) is 3.45. The number of hydrogen-bond donors (Lipinski definition) is 2. The largest absolute Gasteiger partial charge is 0.511 e. The van der Waals surface area contributed by atoms with E-state index in [9.17, 15) is 21.6 Å². The van der Waals surface area contributed by atoms with E-state index in [0.29, 0.717) is 35.8 Å². The molecule has 2 heterocycles. The fourth-order valence-electron chi connectivity index (χ4n) is 2.88. The van der Waals surface area contributed by atoms with E-state index in [1.165, 1.54) is 0 Å². The van der Waals surface area contributed by atoms with E-state index in [1.54, 1.807) is 12.3 Å². The molecule has 0 aromatic carbocycles. The van der Waals surface area contributed by atoms with Gasteiger partial charge in [-0.2, -0.15) is 17.5 Å². The van der Waals surface area contributed by atoms with Crippen molar-refractivity contribution < 1.29 is 26.3 Å². The van der Waals surface area contributed by atoms with Gasteiger partial charge in [-0.25, -0.2) is 18.4 Å². The minimum absolute atomic E-state index is 0. The van der Waals surface area contributed by atoms with Crippen LogP contribution in [0.1, 0.15) is 32.3 Å². The molecule has 0 spiro atoms. The summed E-state index contributed by atoms with van der Waals surface area (Å²) >= 11 is 0. The Kier molecular flexibility index (Phi) is 10.6. The van der Waals surface area contributed by atoms with Crippen molar-refractivity contribution in [1.29, 1.82) is 0 Å². The molecule has 1 aliphatic heterocycles. The van der Waals surface area contributed by atoms with Crippen LogP contribution >= 0.6 is 24.0 Å². The van der Waals surface area contributed by atoms with Crippen molar-refractivity contribution in [3.8, 4) is 5.88 Å². The zero-order valence-electron chi connectivity index (χ0n) is 16.8.